The molecule has 2 unspecified atom stereocenters. The summed E-state index contributed by atoms with van der Waals surface area (Å²) in [5.74, 6) is 3.13. The van der Waals surface area contributed by atoms with E-state index in [1.54, 1.807) is 0 Å². The number of rotatable bonds is 8. The second-order valence-corrected chi connectivity index (χ2v) is 8.06. The predicted molar refractivity (Wildman–Crippen MR) is 128 cm³/mol. The summed E-state index contributed by atoms with van der Waals surface area (Å²) < 4.78 is 8.32. The van der Waals surface area contributed by atoms with Crippen molar-refractivity contribution < 1.29 is 4.74 Å². The monoisotopic (exact) mass is 518 g/mol. The van der Waals surface area contributed by atoms with E-state index >= 15 is 0 Å². The van der Waals surface area contributed by atoms with Crippen LogP contribution in [0.4, 0.5) is 0 Å². The Kier molecular flexibility index (Phi) is 9.65. The number of guanidine groups is 1. The zero-order chi connectivity index (χ0) is 20.0. The van der Waals surface area contributed by atoms with Gasteiger partial charge in [0, 0.05) is 51.0 Å². The van der Waals surface area contributed by atoms with Gasteiger partial charge in [0.05, 0.1) is 6.10 Å². The molecule has 3 rings (SSSR count). The first-order chi connectivity index (χ1) is 13.7. The molecule has 0 bridgehead atoms. The number of halogens is 1. The molecule has 1 aromatic rings. The Morgan fingerprint density at radius 3 is 2.69 bits per heavy atom. The van der Waals surface area contributed by atoms with Crippen molar-refractivity contribution >= 4 is 29.9 Å². The largest absolute Gasteiger partial charge is 0.378 e. The van der Waals surface area contributed by atoms with Gasteiger partial charge in [0.1, 0.15) is 11.6 Å². The Morgan fingerprint density at radius 1 is 1.21 bits per heavy atom. The van der Waals surface area contributed by atoms with E-state index in [-0.39, 0.29) is 29.4 Å². The van der Waals surface area contributed by atoms with Crippen molar-refractivity contribution in [3.05, 3.63) is 11.6 Å². The van der Waals surface area contributed by atoms with E-state index in [0.717, 1.165) is 69.4 Å². The van der Waals surface area contributed by atoms with Gasteiger partial charge >= 0.3 is 0 Å². The Labute approximate surface area is 192 Å². The Balaban J connectivity index is 0.00000300. The van der Waals surface area contributed by atoms with Crippen LogP contribution in [0.5, 0.6) is 0 Å². The van der Waals surface area contributed by atoms with Gasteiger partial charge in [-0.25, -0.2) is 0 Å². The molecular formula is C21H39IN6O. The molecule has 8 heteroatoms. The number of ether oxygens (including phenoxy) is 1. The Morgan fingerprint density at radius 2 is 2.00 bits per heavy atom. The topological polar surface area (TPSA) is 76.4 Å². The first kappa shape index (κ1) is 24.4. The number of fused-ring (bicyclic) bond motifs is 1. The quantitative estimate of drug-likeness (QED) is 0.314. The number of nitrogens with one attached hydrogen (secondary N) is 2. The highest BCUT2D eigenvalue weighted by molar-refractivity contribution is 14.0. The molecule has 2 N–H and O–H groups in total. The molecule has 2 aliphatic rings. The number of aliphatic imine (C=N–C) groups is 1. The smallest absolute Gasteiger partial charge is 0.191 e. The highest BCUT2D eigenvalue weighted by atomic mass is 127. The molecule has 166 valence electrons. The molecule has 0 aromatic carbocycles. The van der Waals surface area contributed by atoms with Gasteiger partial charge in [-0.05, 0) is 39.0 Å². The summed E-state index contributed by atoms with van der Waals surface area (Å²) in [6.07, 6.45) is 9.32. The third-order valence-corrected chi connectivity index (χ3v) is 6.83. The van der Waals surface area contributed by atoms with Gasteiger partial charge in [-0.15, -0.1) is 34.2 Å². The third kappa shape index (κ3) is 5.24. The van der Waals surface area contributed by atoms with Crippen LogP contribution in [0.15, 0.2) is 4.99 Å². The van der Waals surface area contributed by atoms with Crippen molar-refractivity contribution in [3.8, 4) is 0 Å². The zero-order valence-electron chi connectivity index (χ0n) is 18.5. The molecular weight excluding hydrogens is 479 g/mol. The van der Waals surface area contributed by atoms with Gasteiger partial charge in [-0.2, -0.15) is 0 Å². The fourth-order valence-electron chi connectivity index (χ4n) is 4.97. The molecule has 2 atom stereocenters. The van der Waals surface area contributed by atoms with Crippen molar-refractivity contribution in [2.75, 3.05) is 20.2 Å². The zero-order valence-corrected chi connectivity index (χ0v) is 20.9. The Bertz CT molecular complexity index is 658. The first-order valence-electron chi connectivity index (χ1n) is 11.2. The van der Waals surface area contributed by atoms with E-state index < -0.39 is 0 Å². The van der Waals surface area contributed by atoms with Crippen LogP contribution in [0.1, 0.15) is 70.9 Å². The van der Waals surface area contributed by atoms with E-state index in [0.29, 0.717) is 12.1 Å². The number of aryl methyl sites for hydroxylation is 1. The molecule has 0 spiro atoms. The SMILES string of the molecule is CCOC1CC(NC(=NC)NCCc2nnc3n2CCCCC3)C1(CC)CC.I. The van der Waals surface area contributed by atoms with E-state index in [9.17, 15) is 0 Å². The van der Waals surface area contributed by atoms with Gasteiger partial charge in [-0.3, -0.25) is 4.99 Å². The van der Waals surface area contributed by atoms with Gasteiger partial charge in [-0.1, -0.05) is 20.3 Å². The number of aromatic nitrogens is 3. The Hall–Kier alpha value is -0.900. The van der Waals surface area contributed by atoms with E-state index in [4.69, 9.17) is 4.74 Å². The third-order valence-electron chi connectivity index (χ3n) is 6.83. The molecule has 1 aliphatic heterocycles. The standard InChI is InChI=1S/C21H38N6O.HI/c1-5-21(6-2)16(15-17(21)28-7-3)24-20(22-4)23-13-12-19-26-25-18-11-9-8-10-14-27(18)19;/h16-17H,5-15H2,1-4H3,(H2,22,23,24);1H. The lowest BCUT2D eigenvalue weighted by Crippen LogP contribution is -2.65. The van der Waals surface area contributed by atoms with Crippen LogP contribution in [-0.4, -0.2) is 53.1 Å². The van der Waals surface area contributed by atoms with Crippen molar-refractivity contribution in [2.24, 2.45) is 10.4 Å². The van der Waals surface area contributed by atoms with E-state index in [1.165, 1.54) is 19.3 Å². The van der Waals surface area contributed by atoms with Crippen LogP contribution in [0, 0.1) is 5.41 Å². The minimum absolute atomic E-state index is 0. The van der Waals surface area contributed by atoms with Crippen molar-refractivity contribution in [2.45, 2.75) is 90.8 Å². The maximum atomic E-state index is 6.00. The molecule has 0 saturated heterocycles. The van der Waals surface area contributed by atoms with E-state index in [2.05, 4.69) is 51.2 Å². The normalized spacial score (nSPS) is 23.4. The van der Waals surface area contributed by atoms with Gasteiger partial charge in [0.15, 0.2) is 5.96 Å². The predicted octanol–water partition coefficient (Wildman–Crippen LogP) is 3.31. The highest BCUT2D eigenvalue weighted by Gasteiger charge is 2.53. The second kappa shape index (κ2) is 11.5. The minimum atomic E-state index is 0. The lowest BCUT2D eigenvalue weighted by atomic mass is 9.58. The van der Waals surface area contributed by atoms with Crippen molar-refractivity contribution in [3.63, 3.8) is 0 Å². The van der Waals surface area contributed by atoms with E-state index in [1.807, 2.05) is 7.05 Å². The fourth-order valence-corrected chi connectivity index (χ4v) is 4.97. The summed E-state index contributed by atoms with van der Waals surface area (Å²) in [6.45, 7) is 9.29. The van der Waals surface area contributed by atoms with Crippen LogP contribution < -0.4 is 10.6 Å². The van der Waals surface area contributed by atoms with Crippen LogP contribution in [0.2, 0.25) is 0 Å². The molecule has 1 aliphatic carbocycles. The molecule has 1 saturated carbocycles. The lowest BCUT2D eigenvalue weighted by molar-refractivity contribution is -0.133. The van der Waals surface area contributed by atoms with Crippen LogP contribution in [0.3, 0.4) is 0 Å². The number of nitrogens with zero attached hydrogens (tertiary/aromatic N) is 4. The van der Waals surface area contributed by atoms with Gasteiger partial charge in [0.2, 0.25) is 0 Å². The summed E-state index contributed by atoms with van der Waals surface area (Å²) in [6, 6.07) is 0.412. The van der Waals surface area contributed by atoms with Crippen molar-refractivity contribution in [1.82, 2.24) is 25.4 Å². The molecule has 0 radical (unpaired) electrons. The maximum absolute atomic E-state index is 6.00. The molecule has 0 amide bonds. The minimum Gasteiger partial charge on any atom is -0.378 e. The van der Waals surface area contributed by atoms with Crippen LogP contribution in [0.25, 0.3) is 0 Å². The maximum Gasteiger partial charge on any atom is 0.191 e. The summed E-state index contributed by atoms with van der Waals surface area (Å²) in [7, 11) is 1.84. The lowest BCUT2D eigenvalue weighted by Gasteiger charge is -2.55. The molecule has 1 fully saturated rings. The summed E-state index contributed by atoms with van der Waals surface area (Å²) in [5, 5.41) is 16.0. The van der Waals surface area contributed by atoms with Crippen LogP contribution in [-0.2, 0) is 24.1 Å². The highest BCUT2D eigenvalue weighted by Crippen LogP contribution is 2.48. The first-order valence-corrected chi connectivity index (χ1v) is 11.2. The summed E-state index contributed by atoms with van der Waals surface area (Å²) >= 11 is 0. The molecule has 7 nitrogen and oxygen atoms in total. The number of hydrogen-bond donors (Lipinski definition) is 2. The van der Waals surface area contributed by atoms with Gasteiger partial charge < -0.3 is 19.9 Å². The van der Waals surface area contributed by atoms with Crippen LogP contribution >= 0.6 is 24.0 Å². The molecule has 1 aromatic heterocycles. The molecule has 29 heavy (non-hydrogen) atoms. The molecule has 2 heterocycles. The summed E-state index contributed by atoms with van der Waals surface area (Å²) in [5.41, 5.74) is 0.206. The van der Waals surface area contributed by atoms with Gasteiger partial charge in [0.25, 0.3) is 0 Å². The average molecular weight is 518 g/mol. The number of hydrogen-bond acceptors (Lipinski definition) is 4. The second-order valence-electron chi connectivity index (χ2n) is 8.06. The average Bonchev–Trinajstić information content (AvgIpc) is 2.93. The van der Waals surface area contributed by atoms with Crippen molar-refractivity contribution in [1.29, 1.82) is 0 Å². The summed E-state index contributed by atoms with van der Waals surface area (Å²) in [4.78, 5) is 4.45. The fraction of sp³-hybridized carbons (Fsp3) is 0.857.